The van der Waals surface area contributed by atoms with E-state index in [1.165, 1.54) is 19.9 Å². The number of nitrogens with one attached hydrogen (secondary N) is 1. The molecule has 0 radical (unpaired) electrons. The van der Waals surface area contributed by atoms with Crippen molar-refractivity contribution in [3.63, 3.8) is 0 Å². The second kappa shape index (κ2) is 12.8. The van der Waals surface area contributed by atoms with Gasteiger partial charge in [-0.1, -0.05) is 31.0 Å². The predicted octanol–water partition coefficient (Wildman–Crippen LogP) is 2.28. The zero-order valence-electron chi connectivity index (χ0n) is 15.0. The van der Waals surface area contributed by atoms with Gasteiger partial charge in [-0.3, -0.25) is 9.69 Å². The largest absolute Gasteiger partial charge is 0.460 e. The molecule has 0 unspecified atom stereocenters. The Hall–Kier alpha value is -2.55. The van der Waals surface area contributed by atoms with E-state index in [0.717, 1.165) is 16.7 Å². The first-order chi connectivity index (χ1) is 12.2. The van der Waals surface area contributed by atoms with Gasteiger partial charge >= 0.3 is 18.0 Å². The SMILES string of the molecule is C=CCSC(=O)N(CCOC(=O)C(=C)C)C(=O)NCCOC(=O)C(=C)C. The van der Waals surface area contributed by atoms with Gasteiger partial charge in [-0.05, 0) is 13.8 Å². The van der Waals surface area contributed by atoms with E-state index >= 15 is 0 Å². The predicted molar refractivity (Wildman–Crippen MR) is 99.7 cm³/mol. The van der Waals surface area contributed by atoms with Gasteiger partial charge < -0.3 is 14.8 Å². The number of nitrogens with zero attached hydrogens (tertiary/aromatic N) is 1. The number of imide groups is 1. The molecule has 0 saturated carbocycles. The summed E-state index contributed by atoms with van der Waals surface area (Å²) in [4.78, 5) is 47.8. The molecule has 0 rings (SSSR count). The smallest absolute Gasteiger partial charge is 0.333 e. The summed E-state index contributed by atoms with van der Waals surface area (Å²) in [6, 6.07) is -0.690. The van der Waals surface area contributed by atoms with Gasteiger partial charge in [0.2, 0.25) is 0 Å². The van der Waals surface area contributed by atoms with Gasteiger partial charge in [0.1, 0.15) is 13.2 Å². The lowest BCUT2D eigenvalue weighted by molar-refractivity contribution is -0.139. The average molecular weight is 384 g/mol. The maximum Gasteiger partial charge on any atom is 0.333 e. The van der Waals surface area contributed by atoms with E-state index in [4.69, 9.17) is 9.47 Å². The fourth-order valence-corrected chi connectivity index (χ4v) is 1.95. The molecule has 0 aromatic rings. The fourth-order valence-electron chi connectivity index (χ4n) is 1.36. The van der Waals surface area contributed by atoms with Crippen molar-refractivity contribution in [1.82, 2.24) is 10.2 Å². The number of ether oxygens (including phenoxy) is 2. The quantitative estimate of drug-likeness (QED) is 0.267. The third kappa shape index (κ3) is 9.67. The van der Waals surface area contributed by atoms with E-state index in [1.807, 2.05) is 0 Å². The molecule has 8 nitrogen and oxygen atoms in total. The number of hydrogen-bond donors (Lipinski definition) is 1. The Morgan fingerprint density at radius 2 is 1.58 bits per heavy atom. The van der Waals surface area contributed by atoms with Crippen LogP contribution < -0.4 is 5.32 Å². The molecule has 0 saturated heterocycles. The van der Waals surface area contributed by atoms with Gasteiger partial charge in [0.15, 0.2) is 0 Å². The molecule has 9 heteroatoms. The Balaban J connectivity index is 4.58. The highest BCUT2D eigenvalue weighted by atomic mass is 32.2. The molecule has 1 N–H and O–H groups in total. The van der Waals surface area contributed by atoms with Crippen LogP contribution in [-0.4, -0.2) is 60.2 Å². The summed E-state index contributed by atoms with van der Waals surface area (Å²) in [6.45, 7) is 13.0. The van der Waals surface area contributed by atoms with Gasteiger partial charge in [0, 0.05) is 16.9 Å². The van der Waals surface area contributed by atoms with Crippen molar-refractivity contribution in [3.05, 3.63) is 37.0 Å². The summed E-state index contributed by atoms with van der Waals surface area (Å²) in [7, 11) is 0. The average Bonchev–Trinajstić information content (AvgIpc) is 2.59. The molecular formula is C17H24N2O6S. The molecule has 0 aromatic heterocycles. The minimum atomic E-state index is -0.690. The summed E-state index contributed by atoms with van der Waals surface area (Å²) in [6.07, 6.45) is 1.52. The van der Waals surface area contributed by atoms with Gasteiger partial charge in [-0.2, -0.15) is 0 Å². The van der Waals surface area contributed by atoms with Crippen LogP contribution in [-0.2, 0) is 19.1 Å². The Morgan fingerprint density at radius 1 is 1.04 bits per heavy atom. The normalized spacial score (nSPS) is 9.62. The first-order valence-corrected chi connectivity index (χ1v) is 8.67. The van der Waals surface area contributed by atoms with E-state index in [0.29, 0.717) is 5.75 Å². The number of carbonyl (C=O) groups excluding carboxylic acids is 4. The summed E-state index contributed by atoms with van der Waals surface area (Å²) in [5.74, 6) is -0.853. The third-order valence-corrected chi connectivity index (χ3v) is 3.52. The van der Waals surface area contributed by atoms with Crippen molar-refractivity contribution in [2.24, 2.45) is 0 Å². The first kappa shape index (κ1) is 23.4. The van der Waals surface area contributed by atoms with Crippen molar-refractivity contribution in [2.45, 2.75) is 13.8 Å². The Kier molecular flexibility index (Phi) is 11.5. The number of rotatable bonds is 10. The third-order valence-electron chi connectivity index (χ3n) is 2.65. The van der Waals surface area contributed by atoms with Crippen LogP contribution in [0.4, 0.5) is 9.59 Å². The molecule has 26 heavy (non-hydrogen) atoms. The number of thioether (sulfide) groups is 1. The van der Waals surface area contributed by atoms with Crippen molar-refractivity contribution in [3.8, 4) is 0 Å². The van der Waals surface area contributed by atoms with Crippen LogP contribution >= 0.6 is 11.8 Å². The number of urea groups is 1. The topological polar surface area (TPSA) is 102 Å². The highest BCUT2D eigenvalue weighted by Gasteiger charge is 2.22. The lowest BCUT2D eigenvalue weighted by Gasteiger charge is -2.20. The fraction of sp³-hybridized carbons (Fsp3) is 0.412. The van der Waals surface area contributed by atoms with E-state index < -0.39 is 23.2 Å². The second-order valence-electron chi connectivity index (χ2n) is 5.08. The number of esters is 2. The molecule has 0 aliphatic heterocycles. The van der Waals surface area contributed by atoms with E-state index in [9.17, 15) is 19.2 Å². The zero-order valence-corrected chi connectivity index (χ0v) is 15.9. The van der Waals surface area contributed by atoms with Crippen molar-refractivity contribution < 1.29 is 28.7 Å². The molecule has 0 aliphatic carbocycles. The minimum Gasteiger partial charge on any atom is -0.460 e. The Labute approximate surface area is 157 Å². The monoisotopic (exact) mass is 384 g/mol. The molecule has 0 heterocycles. The molecule has 0 bridgehead atoms. The molecular weight excluding hydrogens is 360 g/mol. The van der Waals surface area contributed by atoms with Gasteiger partial charge in [-0.25, -0.2) is 14.4 Å². The lowest BCUT2D eigenvalue weighted by Crippen LogP contribution is -2.45. The number of hydrogen-bond acceptors (Lipinski definition) is 7. The molecule has 0 fully saturated rings. The van der Waals surface area contributed by atoms with Crippen LogP contribution in [0.25, 0.3) is 0 Å². The van der Waals surface area contributed by atoms with Gasteiger partial charge in [0.05, 0.1) is 13.1 Å². The van der Waals surface area contributed by atoms with Gasteiger partial charge in [0.25, 0.3) is 5.24 Å². The molecule has 3 amide bonds. The molecule has 0 aliphatic rings. The van der Waals surface area contributed by atoms with Crippen LogP contribution in [0.5, 0.6) is 0 Å². The van der Waals surface area contributed by atoms with E-state index in [1.54, 1.807) is 0 Å². The second-order valence-corrected chi connectivity index (χ2v) is 6.05. The standard InChI is InChI=1S/C17H24N2O6S/c1-6-11-26-17(23)19(8-10-25-15(21)13(4)5)16(22)18-7-9-24-14(20)12(2)3/h6H,1-2,4,7-11H2,3,5H3,(H,18,22). The molecule has 144 valence electrons. The maximum absolute atomic E-state index is 12.2. The summed E-state index contributed by atoms with van der Waals surface area (Å²) in [5, 5.41) is 1.94. The first-order valence-electron chi connectivity index (χ1n) is 7.69. The van der Waals surface area contributed by atoms with Gasteiger partial charge in [-0.15, -0.1) is 6.58 Å². The van der Waals surface area contributed by atoms with Crippen molar-refractivity contribution in [2.75, 3.05) is 32.1 Å². The van der Waals surface area contributed by atoms with Crippen LogP contribution in [0.1, 0.15) is 13.8 Å². The number of carbonyl (C=O) groups is 4. The van der Waals surface area contributed by atoms with E-state index in [2.05, 4.69) is 25.1 Å². The molecule has 0 spiro atoms. The Bertz CT molecular complexity index is 588. The lowest BCUT2D eigenvalue weighted by atomic mass is 10.4. The highest BCUT2D eigenvalue weighted by Crippen LogP contribution is 2.09. The highest BCUT2D eigenvalue weighted by molar-refractivity contribution is 8.13. The van der Waals surface area contributed by atoms with Crippen LogP contribution in [0, 0.1) is 0 Å². The maximum atomic E-state index is 12.2. The van der Waals surface area contributed by atoms with Crippen LogP contribution in [0.2, 0.25) is 0 Å². The Morgan fingerprint density at radius 3 is 2.08 bits per heavy atom. The van der Waals surface area contributed by atoms with Crippen molar-refractivity contribution >= 4 is 35.0 Å². The summed E-state index contributed by atoms with van der Waals surface area (Å²) < 4.78 is 9.75. The summed E-state index contributed by atoms with van der Waals surface area (Å²) in [5.41, 5.74) is 0.459. The molecule has 0 aromatic carbocycles. The zero-order chi connectivity index (χ0) is 20.1. The minimum absolute atomic E-state index is 0.0132. The van der Waals surface area contributed by atoms with Crippen molar-refractivity contribution in [1.29, 1.82) is 0 Å². The van der Waals surface area contributed by atoms with Crippen LogP contribution in [0.3, 0.4) is 0 Å². The van der Waals surface area contributed by atoms with E-state index in [-0.39, 0.29) is 37.4 Å². The van der Waals surface area contributed by atoms with Crippen LogP contribution in [0.15, 0.2) is 37.0 Å². The summed E-state index contributed by atoms with van der Waals surface area (Å²) >= 11 is 0.879. The number of amides is 3. The molecule has 0 atom stereocenters.